The second kappa shape index (κ2) is 12.9. The summed E-state index contributed by atoms with van der Waals surface area (Å²) in [6.45, 7) is 0. The van der Waals surface area contributed by atoms with Crippen LogP contribution in [0.3, 0.4) is 0 Å². The highest BCUT2D eigenvalue weighted by atomic mass is 15.1. The average Bonchev–Trinajstić information content (AvgIpc) is 3.80. The van der Waals surface area contributed by atoms with E-state index >= 15 is 0 Å². The van der Waals surface area contributed by atoms with Crippen LogP contribution in [0.5, 0.6) is 0 Å². The molecule has 270 valence electrons. The molecule has 0 unspecified atom stereocenters. The van der Waals surface area contributed by atoms with E-state index in [1.807, 2.05) is 12.1 Å². The second-order valence-corrected chi connectivity index (χ2v) is 15.0. The number of hydrogen-bond donors (Lipinski definition) is 0. The molecule has 0 N–H and O–H groups in total. The van der Waals surface area contributed by atoms with Crippen LogP contribution in [0, 0.1) is 0 Å². The van der Waals surface area contributed by atoms with Crippen LogP contribution < -0.4 is 0 Å². The second-order valence-electron chi connectivity index (χ2n) is 15.0. The number of fused-ring (bicyclic) bond motifs is 8. The van der Waals surface area contributed by atoms with Crippen LogP contribution >= 0.6 is 0 Å². The van der Waals surface area contributed by atoms with Gasteiger partial charge in [0, 0.05) is 32.8 Å². The molecule has 12 rings (SSSR count). The van der Waals surface area contributed by atoms with Gasteiger partial charge in [0.2, 0.25) is 0 Å². The zero-order valence-electron chi connectivity index (χ0n) is 31.4. The van der Waals surface area contributed by atoms with Gasteiger partial charge in [0.15, 0.2) is 5.82 Å². The first kappa shape index (κ1) is 32.4. The molecule has 9 aromatic carbocycles. The highest BCUT2D eigenvalue weighted by Gasteiger charge is 2.22. The fraction of sp³-hybridized carbons (Fsp3) is 0. The van der Waals surface area contributed by atoms with Crippen molar-refractivity contribution in [2.45, 2.75) is 0 Å². The lowest BCUT2D eigenvalue weighted by Crippen LogP contribution is -2.03. The van der Waals surface area contributed by atoms with Gasteiger partial charge in [-0.05, 0) is 87.6 Å². The number of hydrogen-bond acceptors (Lipinski definition) is 2. The Kier molecular flexibility index (Phi) is 7.20. The molecule has 12 aromatic rings. The van der Waals surface area contributed by atoms with E-state index in [0.717, 1.165) is 50.3 Å². The molecule has 4 heteroatoms. The van der Waals surface area contributed by atoms with E-state index in [2.05, 4.69) is 203 Å². The number of para-hydroxylation sites is 4. The third-order valence-electron chi connectivity index (χ3n) is 11.7. The lowest BCUT2D eigenvalue weighted by Gasteiger charge is -2.14. The predicted octanol–water partition coefficient (Wildman–Crippen LogP) is 14.0. The Morgan fingerprint density at radius 2 is 0.828 bits per heavy atom. The smallest absolute Gasteiger partial charge is 0.165 e. The lowest BCUT2D eigenvalue weighted by molar-refractivity contribution is 1.08. The molecule has 0 saturated carbocycles. The quantitative estimate of drug-likeness (QED) is 0.176. The highest BCUT2D eigenvalue weighted by Crippen LogP contribution is 2.41. The van der Waals surface area contributed by atoms with Gasteiger partial charge in [-0.1, -0.05) is 152 Å². The minimum Gasteiger partial charge on any atom is -0.309 e. The third kappa shape index (κ3) is 5.09. The van der Waals surface area contributed by atoms with E-state index in [9.17, 15) is 0 Å². The standard InChI is InChI=1S/C54H34N4/c1-2-13-35(14-3-1)37-25-27-38(28-26-37)40-17-12-18-42(32-40)57-49-23-10-6-19-43(49)45-34-52-46(33-51(45)57)44-20-7-11-24-50(44)58(52)54-53(55-47-21-8-9-22-48(47)56-54)41-30-29-36-15-4-5-16-39(36)31-41/h1-34H. The molecule has 3 heterocycles. The Hall–Kier alpha value is -7.82. The van der Waals surface area contributed by atoms with E-state index in [0.29, 0.717) is 0 Å². The first-order valence-electron chi connectivity index (χ1n) is 19.7. The van der Waals surface area contributed by atoms with Gasteiger partial charge in [0.1, 0.15) is 5.69 Å². The van der Waals surface area contributed by atoms with Gasteiger partial charge in [-0.3, -0.25) is 4.57 Å². The van der Waals surface area contributed by atoms with Crippen molar-refractivity contribution >= 4 is 65.4 Å². The lowest BCUT2D eigenvalue weighted by atomic mass is 10.00. The molecule has 0 saturated heterocycles. The summed E-state index contributed by atoms with van der Waals surface area (Å²) in [5, 5.41) is 7.09. The van der Waals surface area contributed by atoms with Crippen molar-refractivity contribution in [1.82, 2.24) is 19.1 Å². The number of benzene rings is 9. The number of rotatable bonds is 5. The van der Waals surface area contributed by atoms with Crippen molar-refractivity contribution in [3.63, 3.8) is 0 Å². The molecular weight excluding hydrogens is 705 g/mol. The number of nitrogens with zero attached hydrogens (tertiary/aromatic N) is 4. The summed E-state index contributed by atoms with van der Waals surface area (Å²) in [6.07, 6.45) is 0. The fourth-order valence-electron chi connectivity index (χ4n) is 8.92. The van der Waals surface area contributed by atoms with Crippen molar-refractivity contribution in [1.29, 1.82) is 0 Å². The van der Waals surface area contributed by atoms with Crippen molar-refractivity contribution in [2.75, 3.05) is 0 Å². The number of aromatic nitrogens is 4. The van der Waals surface area contributed by atoms with E-state index in [-0.39, 0.29) is 0 Å². The molecule has 0 spiro atoms. The van der Waals surface area contributed by atoms with Gasteiger partial charge in [-0.25, -0.2) is 9.97 Å². The molecule has 0 aliphatic rings. The summed E-state index contributed by atoms with van der Waals surface area (Å²) in [6, 6.07) is 73.9. The summed E-state index contributed by atoms with van der Waals surface area (Å²) >= 11 is 0. The molecule has 0 aliphatic carbocycles. The van der Waals surface area contributed by atoms with Crippen molar-refractivity contribution in [2.24, 2.45) is 0 Å². The van der Waals surface area contributed by atoms with Gasteiger partial charge >= 0.3 is 0 Å². The first-order valence-corrected chi connectivity index (χ1v) is 19.7. The van der Waals surface area contributed by atoms with Gasteiger partial charge in [0.05, 0.1) is 33.1 Å². The molecule has 0 aliphatic heterocycles. The van der Waals surface area contributed by atoms with Gasteiger partial charge in [0.25, 0.3) is 0 Å². The van der Waals surface area contributed by atoms with Crippen molar-refractivity contribution < 1.29 is 0 Å². The van der Waals surface area contributed by atoms with E-state index in [1.54, 1.807) is 0 Å². The zero-order chi connectivity index (χ0) is 38.2. The Balaban J connectivity index is 1.09. The fourth-order valence-corrected chi connectivity index (χ4v) is 8.92. The summed E-state index contributed by atoms with van der Waals surface area (Å²) in [5.41, 5.74) is 14.0. The first-order chi connectivity index (χ1) is 28.7. The van der Waals surface area contributed by atoms with E-state index in [4.69, 9.17) is 9.97 Å². The van der Waals surface area contributed by atoms with Crippen LogP contribution in [0.2, 0.25) is 0 Å². The molecule has 0 amide bonds. The summed E-state index contributed by atoms with van der Waals surface area (Å²) in [5.74, 6) is 0.814. The Morgan fingerprint density at radius 3 is 1.57 bits per heavy atom. The maximum atomic E-state index is 5.43. The topological polar surface area (TPSA) is 35.6 Å². The summed E-state index contributed by atoms with van der Waals surface area (Å²) < 4.78 is 4.76. The monoisotopic (exact) mass is 738 g/mol. The molecule has 0 radical (unpaired) electrons. The molecule has 58 heavy (non-hydrogen) atoms. The zero-order valence-corrected chi connectivity index (χ0v) is 31.4. The molecule has 4 nitrogen and oxygen atoms in total. The van der Waals surface area contributed by atoms with Gasteiger partial charge in [-0.15, -0.1) is 0 Å². The van der Waals surface area contributed by atoms with Crippen LogP contribution in [0.25, 0.3) is 110 Å². The maximum absolute atomic E-state index is 5.43. The van der Waals surface area contributed by atoms with Crippen LogP contribution in [-0.2, 0) is 0 Å². The molecule has 0 atom stereocenters. The van der Waals surface area contributed by atoms with E-state index in [1.165, 1.54) is 60.1 Å². The van der Waals surface area contributed by atoms with Crippen LogP contribution in [0.4, 0.5) is 0 Å². The summed E-state index contributed by atoms with van der Waals surface area (Å²) in [4.78, 5) is 10.8. The van der Waals surface area contributed by atoms with Crippen LogP contribution in [0.1, 0.15) is 0 Å². The van der Waals surface area contributed by atoms with Gasteiger partial charge < -0.3 is 4.57 Å². The molecular formula is C54H34N4. The minimum atomic E-state index is 0.814. The Bertz CT molecular complexity index is 3560. The largest absolute Gasteiger partial charge is 0.309 e. The predicted molar refractivity (Wildman–Crippen MR) is 242 cm³/mol. The molecule has 0 bridgehead atoms. The van der Waals surface area contributed by atoms with Crippen molar-refractivity contribution in [3.05, 3.63) is 206 Å². The summed E-state index contributed by atoms with van der Waals surface area (Å²) in [7, 11) is 0. The SMILES string of the molecule is c1ccc(-c2ccc(-c3cccc(-n4c5ccccc5c5cc6c(cc54)c4ccccc4n6-c4nc5ccccc5nc4-c4ccc5ccccc5c4)c3)cc2)cc1. The van der Waals surface area contributed by atoms with E-state index < -0.39 is 0 Å². The van der Waals surface area contributed by atoms with Crippen LogP contribution in [-0.4, -0.2) is 19.1 Å². The van der Waals surface area contributed by atoms with Crippen LogP contribution in [0.15, 0.2) is 206 Å². The molecule has 0 fully saturated rings. The Labute approximate surface area is 334 Å². The third-order valence-corrected chi connectivity index (χ3v) is 11.7. The Morgan fingerprint density at radius 1 is 0.293 bits per heavy atom. The van der Waals surface area contributed by atoms with Gasteiger partial charge in [-0.2, -0.15) is 0 Å². The normalized spacial score (nSPS) is 11.8. The van der Waals surface area contributed by atoms with Crippen molar-refractivity contribution in [3.8, 4) is 45.0 Å². The average molecular weight is 739 g/mol. The highest BCUT2D eigenvalue weighted by molar-refractivity contribution is 6.19. The maximum Gasteiger partial charge on any atom is 0.165 e. The minimum absolute atomic E-state index is 0.814. The molecule has 3 aromatic heterocycles.